The molecule has 1 aromatic carbocycles. The van der Waals surface area contributed by atoms with E-state index in [0.717, 1.165) is 19.3 Å². The summed E-state index contributed by atoms with van der Waals surface area (Å²) in [4.78, 5) is 55.0. The summed E-state index contributed by atoms with van der Waals surface area (Å²) in [6, 6.07) is 6.57. The molecule has 0 saturated heterocycles. The maximum Gasteiger partial charge on any atom is 0.411 e. The fourth-order valence-electron chi connectivity index (χ4n) is 5.86. The van der Waals surface area contributed by atoms with Crippen molar-refractivity contribution in [3.63, 3.8) is 0 Å². The lowest BCUT2D eigenvalue weighted by molar-refractivity contribution is -0.140. The molecule has 4 aliphatic rings. The second-order valence-corrected chi connectivity index (χ2v) is 14.8. The largest absolute Gasteiger partial charge is 0.446 e. The highest BCUT2D eigenvalue weighted by Gasteiger charge is 2.63. The molecular formula is C29H37ClN4O7S. The van der Waals surface area contributed by atoms with E-state index in [1.165, 1.54) is 0 Å². The van der Waals surface area contributed by atoms with Gasteiger partial charge in [0.1, 0.15) is 11.6 Å². The normalized spacial score (nSPS) is 31.5. The molecule has 0 radical (unpaired) electrons. The number of hydrogen-bond donors (Lipinski definition) is 3. The second-order valence-electron chi connectivity index (χ2n) is 12.2. The van der Waals surface area contributed by atoms with Crippen LogP contribution < -0.4 is 15.4 Å². The van der Waals surface area contributed by atoms with Gasteiger partial charge in [-0.15, -0.1) is 0 Å². The number of anilines is 1. The first-order valence-electron chi connectivity index (χ1n) is 14.4. The Morgan fingerprint density at radius 2 is 1.88 bits per heavy atom. The van der Waals surface area contributed by atoms with Crippen LogP contribution in [0.3, 0.4) is 0 Å². The molecule has 3 aliphatic carbocycles. The topological polar surface area (TPSA) is 151 Å². The number of benzene rings is 1. The molecule has 3 fully saturated rings. The fraction of sp³-hybridized carbons (Fsp3) is 0.586. The zero-order valence-corrected chi connectivity index (χ0v) is 25.3. The first kappa shape index (κ1) is 30.3. The highest BCUT2D eigenvalue weighted by molar-refractivity contribution is 7.91. The molecular weight excluding hydrogens is 584 g/mol. The summed E-state index contributed by atoms with van der Waals surface area (Å²) < 4.78 is 32.6. The number of carbonyl (C=O) groups is 4. The van der Waals surface area contributed by atoms with E-state index in [9.17, 15) is 27.6 Å². The van der Waals surface area contributed by atoms with Crippen molar-refractivity contribution in [1.82, 2.24) is 14.9 Å². The van der Waals surface area contributed by atoms with E-state index < -0.39 is 56.2 Å². The van der Waals surface area contributed by atoms with Crippen LogP contribution in [0.1, 0.15) is 58.3 Å². The van der Waals surface area contributed by atoms with Crippen molar-refractivity contribution >= 4 is 51.1 Å². The van der Waals surface area contributed by atoms with E-state index in [1.54, 1.807) is 43.1 Å². The van der Waals surface area contributed by atoms with Gasteiger partial charge in [0.05, 0.1) is 16.6 Å². The Kier molecular flexibility index (Phi) is 8.32. The average molecular weight is 621 g/mol. The van der Waals surface area contributed by atoms with Crippen molar-refractivity contribution in [1.29, 1.82) is 0 Å². The molecule has 0 aromatic heterocycles. The highest BCUT2D eigenvalue weighted by atomic mass is 35.5. The molecule has 11 nitrogen and oxygen atoms in total. The molecule has 13 heteroatoms. The average Bonchev–Trinajstić information content (AvgIpc) is 3.80. The molecule has 228 valence electrons. The zero-order chi connectivity index (χ0) is 30.3. The molecule has 5 rings (SSSR count). The number of allylic oxidation sites excluding steroid dienone is 1. The molecule has 4 amide bonds. The van der Waals surface area contributed by atoms with Crippen LogP contribution in [-0.2, 0) is 29.1 Å². The molecule has 1 aliphatic heterocycles. The van der Waals surface area contributed by atoms with E-state index in [0.29, 0.717) is 30.1 Å². The number of rotatable bonds is 5. The Hall–Kier alpha value is -3.12. The highest BCUT2D eigenvalue weighted by Crippen LogP contribution is 2.48. The minimum atomic E-state index is -3.92. The Labute approximate surface area is 250 Å². The number of sulfonamides is 1. The van der Waals surface area contributed by atoms with E-state index in [-0.39, 0.29) is 31.1 Å². The van der Waals surface area contributed by atoms with E-state index >= 15 is 0 Å². The fourth-order valence-corrected chi connectivity index (χ4v) is 7.36. The van der Waals surface area contributed by atoms with E-state index in [4.69, 9.17) is 16.3 Å². The van der Waals surface area contributed by atoms with Crippen LogP contribution >= 0.6 is 11.6 Å². The Balaban J connectivity index is 1.35. The first-order valence-corrected chi connectivity index (χ1v) is 16.2. The minimum Gasteiger partial charge on any atom is -0.446 e. The van der Waals surface area contributed by atoms with Gasteiger partial charge in [-0.25, -0.2) is 13.2 Å². The van der Waals surface area contributed by atoms with E-state index in [2.05, 4.69) is 15.4 Å². The van der Waals surface area contributed by atoms with Gasteiger partial charge < -0.3 is 15.0 Å². The summed E-state index contributed by atoms with van der Waals surface area (Å²) in [6.45, 7) is 2.11. The molecule has 3 saturated carbocycles. The number of fused-ring (bicyclic) bond motifs is 2. The van der Waals surface area contributed by atoms with Crippen molar-refractivity contribution in [3.05, 3.63) is 41.4 Å². The minimum absolute atomic E-state index is 0.0770. The van der Waals surface area contributed by atoms with Gasteiger partial charge in [0, 0.05) is 30.2 Å². The quantitative estimate of drug-likeness (QED) is 0.427. The second kappa shape index (κ2) is 11.5. The lowest BCUT2D eigenvalue weighted by atomic mass is 9.93. The number of carbonyl (C=O) groups excluding carboxylic acids is 4. The number of nitrogens with zero attached hydrogens (tertiary/aromatic N) is 1. The SMILES string of the molecule is CN1CCCC/C=C\[C@@H]2C[C@@]2(C(=O)NS(=O)(=O)C2(C)CC2)NC(=O)[C@@H]2C[C@@H](OC(=O)Nc3cccc(Cl)c3)C[C@H]2C1=O. The third kappa shape index (κ3) is 6.29. The summed E-state index contributed by atoms with van der Waals surface area (Å²) in [6.07, 6.45) is 6.03. The Morgan fingerprint density at radius 1 is 1.14 bits per heavy atom. The van der Waals surface area contributed by atoms with Crippen LogP contribution in [0.15, 0.2) is 36.4 Å². The van der Waals surface area contributed by atoms with Crippen molar-refractivity contribution < 1.29 is 32.3 Å². The van der Waals surface area contributed by atoms with Gasteiger partial charge in [-0.2, -0.15) is 0 Å². The van der Waals surface area contributed by atoms with E-state index in [1.807, 2.05) is 12.2 Å². The summed E-state index contributed by atoms with van der Waals surface area (Å²) >= 11 is 5.99. The van der Waals surface area contributed by atoms with Gasteiger partial charge in [-0.3, -0.25) is 24.4 Å². The molecule has 0 spiro atoms. The molecule has 3 N–H and O–H groups in total. The van der Waals surface area contributed by atoms with Crippen LogP contribution in [0.4, 0.5) is 10.5 Å². The summed E-state index contributed by atoms with van der Waals surface area (Å²) in [5.41, 5.74) is -0.994. The predicted octanol–water partition coefficient (Wildman–Crippen LogP) is 3.36. The van der Waals surface area contributed by atoms with Crippen LogP contribution in [0.25, 0.3) is 0 Å². The predicted molar refractivity (Wildman–Crippen MR) is 156 cm³/mol. The third-order valence-electron chi connectivity index (χ3n) is 8.97. The summed E-state index contributed by atoms with van der Waals surface area (Å²) in [5.74, 6) is -3.57. The molecule has 0 unspecified atom stereocenters. The molecule has 1 aromatic rings. The van der Waals surface area contributed by atoms with Crippen LogP contribution in [0.5, 0.6) is 0 Å². The lowest BCUT2D eigenvalue weighted by Gasteiger charge is -2.27. The summed E-state index contributed by atoms with van der Waals surface area (Å²) in [5, 5.41) is 5.88. The van der Waals surface area contributed by atoms with Gasteiger partial charge in [0.25, 0.3) is 5.91 Å². The van der Waals surface area contributed by atoms with Gasteiger partial charge >= 0.3 is 6.09 Å². The summed E-state index contributed by atoms with van der Waals surface area (Å²) in [7, 11) is -2.23. The maximum atomic E-state index is 13.8. The number of halogens is 1. The van der Waals surface area contributed by atoms with Gasteiger partial charge in [-0.1, -0.05) is 29.8 Å². The van der Waals surface area contributed by atoms with Gasteiger partial charge in [-0.05, 0) is 76.5 Å². The molecule has 1 heterocycles. The van der Waals surface area contributed by atoms with Crippen molar-refractivity contribution in [3.8, 4) is 0 Å². The van der Waals surface area contributed by atoms with Crippen LogP contribution in [-0.4, -0.2) is 67.1 Å². The lowest BCUT2D eigenvalue weighted by Crippen LogP contribution is -2.55. The number of ether oxygens (including phenoxy) is 1. The van der Waals surface area contributed by atoms with Gasteiger partial charge in [0.2, 0.25) is 21.8 Å². The van der Waals surface area contributed by atoms with Crippen molar-refractivity contribution in [2.75, 3.05) is 18.9 Å². The standard InChI is InChI=1S/C29H37ClN4O7S/c1-28(11-12-28)42(39,40)33-26(37)29-17-18(29)8-5-3-4-6-13-34(2)25(36)23-16-21(15-22(23)24(35)32-29)41-27(38)31-20-10-7-9-19(30)14-20/h5,7-10,14,18,21-23H,3-4,6,11-13,15-17H2,1-2H3,(H,31,38)(H,32,35)(H,33,37)/b8-5-/t18-,21-,22-,23-,29-/m1/s1. The van der Waals surface area contributed by atoms with Crippen molar-refractivity contribution in [2.24, 2.45) is 17.8 Å². The van der Waals surface area contributed by atoms with Crippen LogP contribution in [0.2, 0.25) is 5.02 Å². The maximum absolute atomic E-state index is 13.8. The third-order valence-corrected chi connectivity index (χ3v) is 11.4. The molecule has 5 atom stereocenters. The van der Waals surface area contributed by atoms with Crippen LogP contribution in [0, 0.1) is 17.8 Å². The number of hydrogen-bond acceptors (Lipinski definition) is 7. The number of amides is 4. The Bertz CT molecular complexity index is 1410. The Morgan fingerprint density at radius 3 is 2.60 bits per heavy atom. The molecule has 0 bridgehead atoms. The monoisotopic (exact) mass is 620 g/mol. The molecule has 42 heavy (non-hydrogen) atoms. The van der Waals surface area contributed by atoms with Crippen molar-refractivity contribution in [2.45, 2.75) is 74.7 Å². The smallest absolute Gasteiger partial charge is 0.411 e. The zero-order valence-electron chi connectivity index (χ0n) is 23.7. The first-order chi connectivity index (χ1) is 19.8. The van der Waals surface area contributed by atoms with Gasteiger partial charge in [0.15, 0.2) is 0 Å². The number of nitrogens with one attached hydrogen (secondary N) is 3.